The largest absolute Gasteiger partial charge is 0.287 e. The number of hydrogen-bond donors (Lipinski definition) is 0. The van der Waals surface area contributed by atoms with Gasteiger partial charge in [-0.3, -0.25) is 4.79 Å². The topological polar surface area (TPSA) is 47.8 Å². The standard InChI is InChI=1S/C10H6BrFIN3O/c1-16-8(10(11)14-15-16)9(17)6-3-2-5(12)4-7(6)13/h2-4H,1H3. The molecular formula is C10H6BrFIN3O. The first-order chi connectivity index (χ1) is 8.00. The Morgan fingerprint density at radius 2 is 2.24 bits per heavy atom. The number of ketones is 1. The lowest BCUT2D eigenvalue weighted by Crippen LogP contribution is -2.10. The minimum Gasteiger partial charge on any atom is -0.287 e. The van der Waals surface area contributed by atoms with E-state index in [-0.39, 0.29) is 11.6 Å². The number of benzene rings is 1. The van der Waals surface area contributed by atoms with E-state index in [2.05, 4.69) is 26.2 Å². The summed E-state index contributed by atoms with van der Waals surface area (Å²) in [6, 6.07) is 4.03. The lowest BCUT2D eigenvalue weighted by Gasteiger charge is -2.04. The summed E-state index contributed by atoms with van der Waals surface area (Å²) in [4.78, 5) is 12.2. The molecule has 17 heavy (non-hydrogen) atoms. The molecule has 1 aromatic carbocycles. The zero-order valence-corrected chi connectivity index (χ0v) is 12.4. The van der Waals surface area contributed by atoms with Crippen LogP contribution in [0.3, 0.4) is 0 Å². The third kappa shape index (κ3) is 2.39. The fourth-order valence-corrected chi connectivity index (χ4v) is 2.60. The van der Waals surface area contributed by atoms with Gasteiger partial charge in [-0.1, -0.05) is 5.21 Å². The van der Waals surface area contributed by atoms with Crippen molar-refractivity contribution in [3.63, 3.8) is 0 Å². The second-order valence-corrected chi connectivity index (χ2v) is 5.22. The molecule has 4 nitrogen and oxygen atoms in total. The van der Waals surface area contributed by atoms with Crippen molar-refractivity contribution in [3.05, 3.63) is 43.4 Å². The fourth-order valence-electron chi connectivity index (χ4n) is 1.37. The Bertz CT molecular complexity index is 580. The van der Waals surface area contributed by atoms with E-state index in [1.165, 1.54) is 22.9 Å². The molecular weight excluding hydrogens is 404 g/mol. The van der Waals surface area contributed by atoms with E-state index in [4.69, 9.17) is 0 Å². The summed E-state index contributed by atoms with van der Waals surface area (Å²) in [6.07, 6.45) is 0. The predicted molar refractivity (Wildman–Crippen MR) is 71.3 cm³/mol. The van der Waals surface area contributed by atoms with Crippen LogP contribution in [0.2, 0.25) is 0 Å². The second-order valence-electron chi connectivity index (χ2n) is 3.31. The van der Waals surface area contributed by atoms with Crippen LogP contribution in [0.5, 0.6) is 0 Å². The second kappa shape index (κ2) is 4.81. The van der Waals surface area contributed by atoms with Gasteiger partial charge >= 0.3 is 0 Å². The van der Waals surface area contributed by atoms with E-state index >= 15 is 0 Å². The van der Waals surface area contributed by atoms with Gasteiger partial charge in [0.2, 0.25) is 5.78 Å². The highest BCUT2D eigenvalue weighted by atomic mass is 127. The molecule has 0 unspecified atom stereocenters. The van der Waals surface area contributed by atoms with E-state index < -0.39 is 0 Å². The molecule has 0 aliphatic heterocycles. The highest BCUT2D eigenvalue weighted by molar-refractivity contribution is 14.1. The maximum atomic E-state index is 13.0. The Kier molecular flexibility index (Phi) is 3.57. The summed E-state index contributed by atoms with van der Waals surface area (Å²) in [5, 5.41) is 7.47. The van der Waals surface area contributed by atoms with Gasteiger partial charge in [0.25, 0.3) is 0 Å². The summed E-state index contributed by atoms with van der Waals surface area (Å²) >= 11 is 5.09. The first-order valence-corrected chi connectivity index (χ1v) is 6.43. The van der Waals surface area contributed by atoms with E-state index in [1.54, 1.807) is 7.05 Å². The highest BCUT2D eigenvalue weighted by Gasteiger charge is 2.20. The number of carbonyl (C=O) groups is 1. The third-order valence-corrected chi connectivity index (χ3v) is 3.60. The number of aryl methyl sites for hydroxylation is 1. The normalized spacial score (nSPS) is 10.6. The van der Waals surface area contributed by atoms with Crippen LogP contribution in [0, 0.1) is 9.39 Å². The van der Waals surface area contributed by atoms with Crippen LogP contribution in [0.15, 0.2) is 22.8 Å². The molecule has 0 bridgehead atoms. The molecule has 0 amide bonds. The number of hydrogen-bond acceptors (Lipinski definition) is 3. The van der Waals surface area contributed by atoms with Crippen molar-refractivity contribution in [2.24, 2.45) is 7.05 Å². The highest BCUT2D eigenvalue weighted by Crippen LogP contribution is 2.21. The third-order valence-electron chi connectivity index (χ3n) is 2.18. The van der Waals surface area contributed by atoms with Crippen LogP contribution in [-0.4, -0.2) is 20.8 Å². The van der Waals surface area contributed by atoms with E-state index in [0.717, 1.165) is 0 Å². The van der Waals surface area contributed by atoms with Crippen LogP contribution in [-0.2, 0) is 7.05 Å². The van der Waals surface area contributed by atoms with Crippen LogP contribution < -0.4 is 0 Å². The van der Waals surface area contributed by atoms with Gasteiger partial charge in [-0.25, -0.2) is 9.07 Å². The molecule has 2 rings (SSSR count). The van der Waals surface area contributed by atoms with Gasteiger partial charge in [0.15, 0.2) is 4.60 Å². The van der Waals surface area contributed by atoms with Crippen LogP contribution in [0.4, 0.5) is 4.39 Å². The molecule has 0 saturated carbocycles. The fraction of sp³-hybridized carbons (Fsp3) is 0.100. The van der Waals surface area contributed by atoms with Crippen molar-refractivity contribution in [2.45, 2.75) is 0 Å². The molecule has 0 radical (unpaired) electrons. The van der Waals surface area contributed by atoms with E-state index in [1.807, 2.05) is 22.6 Å². The Morgan fingerprint density at radius 1 is 1.53 bits per heavy atom. The van der Waals surface area contributed by atoms with Gasteiger partial charge in [0, 0.05) is 16.2 Å². The predicted octanol–water partition coefficient (Wildman–Crippen LogP) is 2.55. The van der Waals surface area contributed by atoms with Crippen LogP contribution >= 0.6 is 38.5 Å². The Hall–Kier alpha value is -0.830. The van der Waals surface area contributed by atoms with Gasteiger partial charge < -0.3 is 0 Å². The molecule has 0 N–H and O–H groups in total. The van der Waals surface area contributed by atoms with Crippen molar-refractivity contribution in [2.75, 3.05) is 0 Å². The van der Waals surface area contributed by atoms with Crippen molar-refractivity contribution in [3.8, 4) is 0 Å². The quantitative estimate of drug-likeness (QED) is 0.565. The van der Waals surface area contributed by atoms with Gasteiger partial charge in [-0.2, -0.15) is 0 Å². The molecule has 0 saturated heterocycles. The zero-order valence-electron chi connectivity index (χ0n) is 8.62. The summed E-state index contributed by atoms with van der Waals surface area (Å²) in [7, 11) is 1.63. The maximum Gasteiger partial charge on any atom is 0.214 e. The summed E-state index contributed by atoms with van der Waals surface area (Å²) in [5.41, 5.74) is 0.771. The summed E-state index contributed by atoms with van der Waals surface area (Å²) < 4.78 is 15.3. The molecule has 0 aliphatic carbocycles. The molecule has 88 valence electrons. The lowest BCUT2D eigenvalue weighted by atomic mass is 10.1. The van der Waals surface area contributed by atoms with Crippen LogP contribution in [0.1, 0.15) is 16.1 Å². The summed E-state index contributed by atoms with van der Waals surface area (Å²) in [6.45, 7) is 0. The molecule has 0 aliphatic rings. The van der Waals surface area contributed by atoms with Gasteiger partial charge in [-0.15, -0.1) is 5.10 Å². The van der Waals surface area contributed by atoms with E-state index in [9.17, 15) is 9.18 Å². The first kappa shape index (κ1) is 12.6. The number of halogens is 3. The smallest absolute Gasteiger partial charge is 0.214 e. The number of aromatic nitrogens is 3. The van der Waals surface area contributed by atoms with Crippen molar-refractivity contribution >= 4 is 44.3 Å². The van der Waals surface area contributed by atoms with Crippen molar-refractivity contribution in [1.82, 2.24) is 15.0 Å². The van der Waals surface area contributed by atoms with Gasteiger partial charge in [0.1, 0.15) is 11.5 Å². The Morgan fingerprint density at radius 3 is 2.76 bits per heavy atom. The molecule has 7 heteroatoms. The average Bonchev–Trinajstić information content (AvgIpc) is 2.58. The zero-order chi connectivity index (χ0) is 12.6. The molecule has 1 aromatic heterocycles. The average molecular weight is 410 g/mol. The monoisotopic (exact) mass is 409 g/mol. The lowest BCUT2D eigenvalue weighted by molar-refractivity contribution is 0.102. The number of nitrogens with zero attached hydrogens (tertiary/aromatic N) is 3. The Labute approximate surface area is 118 Å². The minimum atomic E-state index is -0.367. The van der Waals surface area contributed by atoms with E-state index in [0.29, 0.717) is 19.4 Å². The Balaban J connectivity index is 2.51. The van der Waals surface area contributed by atoms with Crippen molar-refractivity contribution < 1.29 is 9.18 Å². The van der Waals surface area contributed by atoms with Gasteiger partial charge in [0.05, 0.1) is 0 Å². The SMILES string of the molecule is Cn1nnc(Br)c1C(=O)c1ccc(F)cc1I. The molecule has 1 heterocycles. The minimum absolute atomic E-state index is 0.242. The van der Waals surface area contributed by atoms with Gasteiger partial charge in [-0.05, 0) is 56.7 Å². The summed E-state index contributed by atoms with van der Waals surface area (Å²) in [5.74, 6) is -0.609. The number of carbonyl (C=O) groups excluding carboxylic acids is 1. The van der Waals surface area contributed by atoms with Crippen molar-refractivity contribution in [1.29, 1.82) is 0 Å². The molecule has 0 spiro atoms. The first-order valence-electron chi connectivity index (χ1n) is 4.55. The van der Waals surface area contributed by atoms with Crippen LogP contribution in [0.25, 0.3) is 0 Å². The number of rotatable bonds is 2. The molecule has 0 fully saturated rings. The molecule has 0 atom stereocenters. The molecule has 2 aromatic rings. The maximum absolute atomic E-state index is 13.0.